The van der Waals surface area contributed by atoms with Gasteiger partial charge < -0.3 is 19.5 Å². The van der Waals surface area contributed by atoms with Crippen molar-refractivity contribution in [1.29, 1.82) is 0 Å². The minimum Gasteiger partial charge on any atom is -0.493 e. The summed E-state index contributed by atoms with van der Waals surface area (Å²) in [4.78, 5) is 22.6. The first-order chi connectivity index (χ1) is 10.6. The molecule has 0 unspecified atom stereocenters. The molecule has 0 heterocycles. The van der Waals surface area contributed by atoms with Gasteiger partial charge in [-0.3, -0.25) is 4.79 Å². The number of esters is 1. The number of nitrogens with one attached hydrogen (secondary N) is 1. The summed E-state index contributed by atoms with van der Waals surface area (Å²) in [6.07, 6.45) is 3.45. The topological polar surface area (TPSA) is 73.9 Å². The van der Waals surface area contributed by atoms with Crippen molar-refractivity contribution in [2.45, 2.75) is 13.3 Å². The van der Waals surface area contributed by atoms with Crippen LogP contribution in [-0.2, 0) is 20.7 Å². The minimum atomic E-state index is -0.530. The summed E-state index contributed by atoms with van der Waals surface area (Å²) in [5, 5.41) is 2.68. The number of benzene rings is 1. The van der Waals surface area contributed by atoms with Gasteiger partial charge in [-0.1, -0.05) is 12.1 Å². The van der Waals surface area contributed by atoms with Gasteiger partial charge in [0.25, 0.3) is 5.91 Å². The van der Waals surface area contributed by atoms with Crippen LogP contribution in [0.5, 0.6) is 11.5 Å². The van der Waals surface area contributed by atoms with Gasteiger partial charge in [0.2, 0.25) is 0 Å². The predicted octanol–water partition coefficient (Wildman–Crippen LogP) is 1.48. The summed E-state index contributed by atoms with van der Waals surface area (Å²) >= 11 is 0. The summed E-state index contributed by atoms with van der Waals surface area (Å²) in [7, 11) is 3.15. The van der Waals surface area contributed by atoms with E-state index in [1.54, 1.807) is 27.2 Å². The van der Waals surface area contributed by atoms with Crippen molar-refractivity contribution in [3.05, 3.63) is 35.9 Å². The number of carbonyl (C=O) groups excluding carboxylic acids is 2. The summed E-state index contributed by atoms with van der Waals surface area (Å²) in [5.41, 5.74) is 1.00. The molecule has 1 aromatic rings. The Bertz CT molecular complexity index is 539. The Labute approximate surface area is 130 Å². The Hall–Kier alpha value is -2.50. The number of carbonyl (C=O) groups is 2. The number of amides is 1. The average molecular weight is 307 g/mol. The molecule has 0 radical (unpaired) electrons. The van der Waals surface area contributed by atoms with Gasteiger partial charge in [0.1, 0.15) is 0 Å². The van der Waals surface area contributed by atoms with Gasteiger partial charge >= 0.3 is 5.97 Å². The van der Waals surface area contributed by atoms with Crippen LogP contribution in [0.1, 0.15) is 12.5 Å². The zero-order valence-electron chi connectivity index (χ0n) is 13.0. The lowest BCUT2D eigenvalue weighted by Crippen LogP contribution is -2.30. The molecule has 0 aliphatic heterocycles. The number of hydrogen-bond acceptors (Lipinski definition) is 5. The molecule has 22 heavy (non-hydrogen) atoms. The fraction of sp³-hybridized carbons (Fsp3) is 0.375. The van der Waals surface area contributed by atoms with Crippen LogP contribution in [0.3, 0.4) is 0 Å². The maximum atomic E-state index is 11.5. The highest BCUT2D eigenvalue weighted by molar-refractivity contribution is 5.85. The molecule has 0 bridgehead atoms. The van der Waals surface area contributed by atoms with Gasteiger partial charge in [-0.2, -0.15) is 0 Å². The third-order valence-corrected chi connectivity index (χ3v) is 2.83. The first-order valence-electron chi connectivity index (χ1n) is 6.87. The summed E-state index contributed by atoms with van der Waals surface area (Å²) in [6.45, 7) is 1.86. The molecule has 0 saturated heterocycles. The lowest BCUT2D eigenvalue weighted by atomic mass is 10.1. The van der Waals surface area contributed by atoms with E-state index >= 15 is 0 Å². The average Bonchev–Trinajstić information content (AvgIpc) is 2.53. The van der Waals surface area contributed by atoms with Gasteiger partial charge in [0, 0.05) is 12.6 Å². The Morgan fingerprint density at radius 2 is 1.91 bits per heavy atom. The highest BCUT2D eigenvalue weighted by Crippen LogP contribution is 2.27. The molecule has 1 N–H and O–H groups in total. The molecule has 0 spiro atoms. The number of methoxy groups -OCH3 is 2. The zero-order chi connectivity index (χ0) is 16.4. The van der Waals surface area contributed by atoms with Crippen molar-refractivity contribution in [1.82, 2.24) is 5.32 Å². The molecule has 0 saturated carbocycles. The Morgan fingerprint density at radius 1 is 1.18 bits per heavy atom. The third kappa shape index (κ3) is 5.87. The Morgan fingerprint density at radius 3 is 2.55 bits per heavy atom. The van der Waals surface area contributed by atoms with Gasteiger partial charge in [-0.25, -0.2) is 4.79 Å². The van der Waals surface area contributed by atoms with E-state index < -0.39 is 5.97 Å². The standard InChI is InChI=1S/C16H21NO5/c1-4-5-16(19)22-11-15(18)17-9-8-12-6-7-13(20-2)14(10-12)21-3/h4-7,10H,8-9,11H2,1-3H3,(H,17,18)/b5-4+. The highest BCUT2D eigenvalue weighted by Gasteiger charge is 2.06. The van der Waals surface area contributed by atoms with Crippen molar-refractivity contribution < 1.29 is 23.8 Å². The van der Waals surface area contributed by atoms with Crippen molar-refractivity contribution in [3.63, 3.8) is 0 Å². The van der Waals surface area contributed by atoms with E-state index in [2.05, 4.69) is 5.32 Å². The fourth-order valence-corrected chi connectivity index (χ4v) is 1.75. The number of ether oxygens (including phenoxy) is 3. The van der Waals surface area contributed by atoms with E-state index in [0.717, 1.165) is 5.56 Å². The zero-order valence-corrected chi connectivity index (χ0v) is 13.0. The van der Waals surface area contributed by atoms with Crippen LogP contribution in [0.25, 0.3) is 0 Å². The molecular formula is C16H21NO5. The molecule has 1 aromatic carbocycles. The molecular weight excluding hydrogens is 286 g/mol. The number of rotatable bonds is 8. The first-order valence-corrected chi connectivity index (χ1v) is 6.87. The molecule has 0 aliphatic rings. The molecule has 0 aromatic heterocycles. The summed E-state index contributed by atoms with van der Waals surface area (Å²) in [5.74, 6) is 0.439. The van der Waals surface area contributed by atoms with E-state index in [4.69, 9.17) is 14.2 Å². The van der Waals surface area contributed by atoms with Crippen LogP contribution >= 0.6 is 0 Å². The maximum absolute atomic E-state index is 11.5. The molecule has 0 fully saturated rings. The van der Waals surface area contributed by atoms with E-state index in [-0.39, 0.29) is 12.5 Å². The third-order valence-electron chi connectivity index (χ3n) is 2.83. The molecule has 6 nitrogen and oxygen atoms in total. The maximum Gasteiger partial charge on any atom is 0.330 e. The Kier molecular flexibility index (Phi) is 7.53. The van der Waals surface area contributed by atoms with E-state index in [1.165, 1.54) is 6.08 Å². The Balaban J connectivity index is 2.37. The van der Waals surface area contributed by atoms with Crippen LogP contribution in [0.2, 0.25) is 0 Å². The molecule has 120 valence electrons. The molecule has 0 atom stereocenters. The first kappa shape index (κ1) is 17.6. The lowest BCUT2D eigenvalue weighted by Gasteiger charge is -2.10. The second-order valence-electron chi connectivity index (χ2n) is 4.40. The molecule has 6 heteroatoms. The number of allylic oxidation sites excluding steroid dienone is 1. The van der Waals surface area contributed by atoms with E-state index in [9.17, 15) is 9.59 Å². The number of hydrogen-bond donors (Lipinski definition) is 1. The predicted molar refractivity (Wildman–Crippen MR) is 82.0 cm³/mol. The van der Waals surface area contributed by atoms with Crippen molar-refractivity contribution in [2.24, 2.45) is 0 Å². The van der Waals surface area contributed by atoms with E-state index in [0.29, 0.717) is 24.5 Å². The largest absolute Gasteiger partial charge is 0.493 e. The van der Waals surface area contributed by atoms with Gasteiger partial charge in [0.05, 0.1) is 14.2 Å². The van der Waals surface area contributed by atoms with Gasteiger partial charge in [-0.15, -0.1) is 0 Å². The molecule has 1 amide bonds. The van der Waals surface area contributed by atoms with Crippen molar-refractivity contribution in [3.8, 4) is 11.5 Å². The molecule has 0 aliphatic carbocycles. The van der Waals surface area contributed by atoms with Crippen molar-refractivity contribution >= 4 is 11.9 Å². The van der Waals surface area contributed by atoms with Crippen LogP contribution in [0.4, 0.5) is 0 Å². The lowest BCUT2D eigenvalue weighted by molar-refractivity contribution is -0.143. The smallest absolute Gasteiger partial charge is 0.330 e. The van der Waals surface area contributed by atoms with Crippen LogP contribution in [0, 0.1) is 0 Å². The quantitative estimate of drug-likeness (QED) is 0.582. The second-order valence-corrected chi connectivity index (χ2v) is 4.40. The highest BCUT2D eigenvalue weighted by atomic mass is 16.5. The molecule has 1 rings (SSSR count). The normalized spacial score (nSPS) is 10.3. The SMILES string of the molecule is C/C=C/C(=O)OCC(=O)NCCc1ccc(OC)c(OC)c1. The van der Waals surface area contributed by atoms with Crippen LogP contribution in [-0.4, -0.2) is 39.2 Å². The van der Waals surface area contributed by atoms with Crippen LogP contribution < -0.4 is 14.8 Å². The summed E-state index contributed by atoms with van der Waals surface area (Å²) < 4.78 is 15.1. The van der Waals surface area contributed by atoms with E-state index in [1.807, 2.05) is 18.2 Å². The monoisotopic (exact) mass is 307 g/mol. The summed E-state index contributed by atoms with van der Waals surface area (Å²) in [6, 6.07) is 5.57. The fourth-order valence-electron chi connectivity index (χ4n) is 1.75. The van der Waals surface area contributed by atoms with Gasteiger partial charge in [0.15, 0.2) is 18.1 Å². The minimum absolute atomic E-state index is 0.283. The van der Waals surface area contributed by atoms with Gasteiger partial charge in [-0.05, 0) is 31.0 Å². The second kappa shape index (κ2) is 9.44. The van der Waals surface area contributed by atoms with Crippen molar-refractivity contribution in [2.75, 3.05) is 27.4 Å². The van der Waals surface area contributed by atoms with Crippen LogP contribution in [0.15, 0.2) is 30.4 Å².